The highest BCUT2D eigenvalue weighted by atomic mass is 17.2. The smallest absolute Gasteiger partial charge is 0.372 e. The van der Waals surface area contributed by atoms with E-state index in [0.29, 0.717) is 19.8 Å². The van der Waals surface area contributed by atoms with Gasteiger partial charge >= 0.3 is 6.15 Å². The van der Waals surface area contributed by atoms with E-state index in [4.69, 9.17) is 28.8 Å². The number of rotatable bonds is 11. The molecule has 2 aliphatic carbocycles. The lowest BCUT2D eigenvalue weighted by Gasteiger charge is -2.26. The van der Waals surface area contributed by atoms with Crippen LogP contribution >= 0.6 is 0 Å². The molecule has 2 heterocycles. The van der Waals surface area contributed by atoms with Crippen LogP contribution in [0.4, 0.5) is 0 Å². The first-order chi connectivity index (χ1) is 22.5. The summed E-state index contributed by atoms with van der Waals surface area (Å²) in [6.07, 6.45) is 22.1. The summed E-state index contributed by atoms with van der Waals surface area (Å²) in [5.74, 6) is 3.77. The SMILES string of the molecule is CC1CCC(Cc2ccc(C=C[C@@H]3CO[C@H]4[C@@H]3OC[C@@H]4OOC/C=C/c3ccc(CC4CCC(C)CC4)cc3)cc2)CC1.O=C=O. The molecule has 6 nitrogen and oxygen atoms in total. The third kappa shape index (κ3) is 10.3. The second-order valence-electron chi connectivity index (χ2n) is 14.2. The lowest BCUT2D eigenvalue weighted by atomic mass is 9.80. The van der Waals surface area contributed by atoms with Gasteiger partial charge in [0.1, 0.15) is 18.8 Å². The van der Waals surface area contributed by atoms with Crippen LogP contribution in [0.1, 0.15) is 87.5 Å². The van der Waals surface area contributed by atoms with Gasteiger partial charge in [0.2, 0.25) is 0 Å². The van der Waals surface area contributed by atoms with Crippen LogP contribution in [0.2, 0.25) is 0 Å². The molecule has 2 saturated heterocycles. The Morgan fingerprint density at radius 3 is 1.74 bits per heavy atom. The van der Waals surface area contributed by atoms with Gasteiger partial charge in [0.05, 0.1) is 19.3 Å². The highest BCUT2D eigenvalue weighted by Crippen LogP contribution is 2.35. The van der Waals surface area contributed by atoms with Crippen LogP contribution in [0.3, 0.4) is 0 Å². The Hall–Kier alpha value is -2.86. The van der Waals surface area contributed by atoms with Gasteiger partial charge in [-0.1, -0.05) is 112 Å². The highest BCUT2D eigenvalue weighted by molar-refractivity contribution is 5.51. The van der Waals surface area contributed by atoms with Crippen LogP contribution in [-0.4, -0.2) is 44.3 Å². The average Bonchev–Trinajstić information content (AvgIpc) is 3.67. The second kappa shape index (κ2) is 17.9. The zero-order valence-corrected chi connectivity index (χ0v) is 27.7. The Bertz CT molecular complexity index is 1260. The molecule has 0 aromatic heterocycles. The Morgan fingerprint density at radius 2 is 1.20 bits per heavy atom. The zero-order chi connectivity index (χ0) is 32.1. The molecule has 6 heteroatoms. The number of hydrogen-bond donors (Lipinski definition) is 0. The van der Waals surface area contributed by atoms with Gasteiger partial charge in [0, 0.05) is 5.92 Å². The van der Waals surface area contributed by atoms with Gasteiger partial charge in [0.15, 0.2) is 0 Å². The molecule has 2 aromatic rings. The van der Waals surface area contributed by atoms with Crippen molar-refractivity contribution in [2.24, 2.45) is 29.6 Å². The topological polar surface area (TPSA) is 71.1 Å². The summed E-state index contributed by atoms with van der Waals surface area (Å²) >= 11 is 0. The molecule has 0 amide bonds. The van der Waals surface area contributed by atoms with Gasteiger partial charge in [-0.25, -0.2) is 9.78 Å². The van der Waals surface area contributed by atoms with Crippen molar-refractivity contribution in [2.75, 3.05) is 19.8 Å². The Labute approximate surface area is 275 Å². The fourth-order valence-electron chi connectivity index (χ4n) is 7.59. The number of fused-ring (bicyclic) bond motifs is 1. The van der Waals surface area contributed by atoms with Crippen molar-refractivity contribution in [3.8, 4) is 0 Å². The molecule has 46 heavy (non-hydrogen) atoms. The first-order valence-corrected chi connectivity index (χ1v) is 17.5. The minimum absolute atomic E-state index is 0.0175. The second-order valence-corrected chi connectivity index (χ2v) is 14.2. The fraction of sp³-hybridized carbons (Fsp3) is 0.575. The molecular formula is C40H52O6. The molecule has 0 radical (unpaired) electrons. The molecule has 2 saturated carbocycles. The van der Waals surface area contributed by atoms with Gasteiger partial charge < -0.3 is 9.47 Å². The van der Waals surface area contributed by atoms with E-state index in [1.54, 1.807) is 0 Å². The first kappa shape index (κ1) is 34.5. The van der Waals surface area contributed by atoms with E-state index in [-0.39, 0.29) is 30.4 Å². The van der Waals surface area contributed by atoms with E-state index in [1.165, 1.54) is 86.5 Å². The Morgan fingerprint density at radius 1 is 0.696 bits per heavy atom. The summed E-state index contributed by atoms with van der Waals surface area (Å²) in [6.45, 7) is 6.33. The van der Waals surface area contributed by atoms with Crippen molar-refractivity contribution in [2.45, 2.75) is 96.4 Å². The van der Waals surface area contributed by atoms with Gasteiger partial charge in [-0.15, -0.1) is 0 Å². The van der Waals surface area contributed by atoms with Crippen molar-refractivity contribution >= 4 is 18.3 Å². The molecule has 6 rings (SSSR count). The maximum Gasteiger partial charge on any atom is 0.373 e. The monoisotopic (exact) mass is 628 g/mol. The molecule has 4 fully saturated rings. The quantitative estimate of drug-likeness (QED) is 0.142. The molecule has 2 aromatic carbocycles. The third-order valence-electron chi connectivity index (χ3n) is 10.5. The minimum Gasteiger partial charge on any atom is -0.372 e. The summed E-state index contributed by atoms with van der Waals surface area (Å²) < 4.78 is 12.2. The van der Waals surface area contributed by atoms with Crippen LogP contribution < -0.4 is 0 Å². The van der Waals surface area contributed by atoms with Crippen LogP contribution in [0.25, 0.3) is 12.2 Å². The number of hydrogen-bond acceptors (Lipinski definition) is 6. The summed E-state index contributed by atoms with van der Waals surface area (Å²) in [6, 6.07) is 18.1. The molecule has 248 valence electrons. The van der Waals surface area contributed by atoms with Crippen molar-refractivity contribution in [1.82, 2.24) is 0 Å². The maximum absolute atomic E-state index is 8.12. The summed E-state index contributed by atoms with van der Waals surface area (Å²) in [7, 11) is 0. The molecule has 0 N–H and O–H groups in total. The minimum atomic E-state index is -0.194. The highest BCUT2D eigenvalue weighted by Gasteiger charge is 2.48. The maximum atomic E-state index is 8.12. The zero-order valence-electron chi connectivity index (χ0n) is 27.7. The van der Waals surface area contributed by atoms with E-state index >= 15 is 0 Å². The largest absolute Gasteiger partial charge is 0.373 e. The average molecular weight is 629 g/mol. The molecule has 0 bridgehead atoms. The molecule has 0 spiro atoms. The van der Waals surface area contributed by atoms with Gasteiger partial charge in [-0.05, 0) is 84.5 Å². The number of benzene rings is 2. The van der Waals surface area contributed by atoms with Crippen LogP contribution in [-0.2, 0) is 41.7 Å². The van der Waals surface area contributed by atoms with Crippen molar-refractivity contribution in [3.05, 3.63) is 82.9 Å². The molecule has 0 unspecified atom stereocenters. The lowest BCUT2D eigenvalue weighted by Crippen LogP contribution is -2.31. The van der Waals surface area contributed by atoms with Gasteiger partial charge in [-0.2, -0.15) is 9.59 Å². The number of carbonyl (C=O) groups excluding carboxylic acids is 2. The van der Waals surface area contributed by atoms with Crippen molar-refractivity contribution in [1.29, 1.82) is 0 Å². The normalized spacial score (nSPS) is 31.0. The predicted molar refractivity (Wildman–Crippen MR) is 179 cm³/mol. The standard InChI is InChI=1S/C39H52O4.CO2/c1-28-5-9-32(10-6-28)24-34-17-13-30(14-18-34)4-3-23-42-43-37-27-41-38-36(26-40-39(37)38)22-21-31-15-19-35(20-16-31)25-33-11-7-29(2)8-12-33;2-1-3/h3-4,13-22,28-29,32-33,36-39H,5-12,23-27H2,1-2H3;/b4-3+,22-21?;/t28?,29?,32?,33?,36-,37+,38-,39-;/m1./s1. The van der Waals surface area contributed by atoms with Crippen molar-refractivity contribution in [3.63, 3.8) is 0 Å². The summed E-state index contributed by atoms with van der Waals surface area (Å²) in [5.41, 5.74) is 5.34. The third-order valence-corrected chi connectivity index (χ3v) is 10.5. The molecule has 2 aliphatic heterocycles. The first-order valence-electron chi connectivity index (χ1n) is 17.5. The predicted octanol–water partition coefficient (Wildman–Crippen LogP) is 8.30. The Balaban J connectivity index is 0.00000134. The van der Waals surface area contributed by atoms with E-state index < -0.39 is 0 Å². The van der Waals surface area contributed by atoms with E-state index in [2.05, 4.69) is 80.6 Å². The molecule has 4 aliphatic rings. The molecular weight excluding hydrogens is 576 g/mol. The summed E-state index contributed by atoms with van der Waals surface area (Å²) in [4.78, 5) is 27.5. The van der Waals surface area contributed by atoms with E-state index in [0.717, 1.165) is 23.7 Å². The van der Waals surface area contributed by atoms with Crippen LogP contribution in [0, 0.1) is 29.6 Å². The van der Waals surface area contributed by atoms with E-state index in [9.17, 15) is 0 Å². The van der Waals surface area contributed by atoms with Crippen LogP contribution in [0.5, 0.6) is 0 Å². The fourth-order valence-corrected chi connectivity index (χ4v) is 7.59. The van der Waals surface area contributed by atoms with E-state index in [1.807, 2.05) is 6.08 Å². The van der Waals surface area contributed by atoms with Gasteiger partial charge in [-0.3, -0.25) is 0 Å². The molecule has 4 atom stereocenters. The summed E-state index contributed by atoms with van der Waals surface area (Å²) in [5, 5.41) is 0. The van der Waals surface area contributed by atoms with Crippen molar-refractivity contribution < 1.29 is 28.8 Å². The number of ether oxygens (including phenoxy) is 2. The Kier molecular flexibility index (Phi) is 13.4. The lowest BCUT2D eigenvalue weighted by molar-refractivity contribution is -0.326. The van der Waals surface area contributed by atoms with Crippen LogP contribution in [0.15, 0.2) is 60.7 Å². The van der Waals surface area contributed by atoms with Gasteiger partial charge in [0.25, 0.3) is 0 Å².